The minimum absolute atomic E-state index is 0.128. The molecule has 0 spiro atoms. The van der Waals surface area contributed by atoms with E-state index < -0.39 is 0 Å². The van der Waals surface area contributed by atoms with Gasteiger partial charge in [0, 0.05) is 16.5 Å². The predicted octanol–water partition coefficient (Wildman–Crippen LogP) is 1.33. The van der Waals surface area contributed by atoms with Crippen LogP contribution < -0.4 is 14.4 Å². The molecule has 0 aromatic heterocycles. The number of carbonyl (C=O) groups excluding carboxylic acids is 1. The topological polar surface area (TPSA) is 40.0 Å². The van der Waals surface area contributed by atoms with E-state index in [1.807, 2.05) is 20.2 Å². The molecule has 1 aromatic rings. The van der Waals surface area contributed by atoms with Gasteiger partial charge < -0.3 is 14.4 Å². The van der Waals surface area contributed by atoms with Crippen LogP contribution in [-0.4, -0.2) is 39.6 Å². The van der Waals surface area contributed by atoms with Gasteiger partial charge in [-0.15, -0.1) is 0 Å². The molecule has 0 fully saturated rings. The monoisotopic (exact) mass is 328 g/mol. The van der Waals surface area contributed by atoms with E-state index >= 15 is 0 Å². The molecular formula is C14H19BrNO3+. The van der Waals surface area contributed by atoms with E-state index in [2.05, 4.69) is 15.9 Å². The van der Waals surface area contributed by atoms with E-state index in [-0.39, 0.29) is 5.78 Å². The van der Waals surface area contributed by atoms with Crippen molar-refractivity contribution in [1.29, 1.82) is 0 Å². The van der Waals surface area contributed by atoms with Crippen LogP contribution in [0.5, 0.6) is 11.5 Å². The van der Waals surface area contributed by atoms with E-state index in [0.717, 1.165) is 17.4 Å². The van der Waals surface area contributed by atoms with E-state index in [9.17, 15) is 4.79 Å². The molecule has 0 saturated heterocycles. The average Bonchev–Trinajstić information content (AvgIpc) is 2.59. The highest BCUT2D eigenvalue weighted by atomic mass is 79.9. The molecule has 1 aliphatic rings. The Bertz CT molecular complexity index is 474. The molecule has 5 heteroatoms. The van der Waals surface area contributed by atoms with Crippen molar-refractivity contribution >= 4 is 21.7 Å². The third-order valence-corrected chi connectivity index (χ3v) is 3.65. The molecule has 1 N–H and O–H groups in total. The number of halogens is 1. The number of rotatable bonds is 4. The lowest BCUT2D eigenvalue weighted by atomic mass is 10.1. The highest BCUT2D eigenvalue weighted by Crippen LogP contribution is 2.35. The first-order valence-corrected chi connectivity index (χ1v) is 7.28. The van der Waals surface area contributed by atoms with Gasteiger partial charge in [-0.25, -0.2) is 0 Å². The average molecular weight is 329 g/mol. The lowest BCUT2D eigenvalue weighted by molar-refractivity contribution is -0.857. The van der Waals surface area contributed by atoms with Gasteiger partial charge in [-0.3, -0.25) is 4.79 Å². The molecule has 0 bridgehead atoms. The van der Waals surface area contributed by atoms with Crippen molar-refractivity contribution in [2.75, 3.05) is 33.9 Å². The fraction of sp³-hybridized carbons (Fsp3) is 0.500. The minimum Gasteiger partial charge on any atom is -0.490 e. The molecule has 0 amide bonds. The van der Waals surface area contributed by atoms with Crippen LogP contribution in [0, 0.1) is 0 Å². The molecule has 4 nitrogen and oxygen atoms in total. The first-order valence-electron chi connectivity index (χ1n) is 6.49. The van der Waals surface area contributed by atoms with Crippen molar-refractivity contribution in [3.05, 3.63) is 22.2 Å². The lowest BCUT2D eigenvalue weighted by Gasteiger charge is -2.11. The zero-order chi connectivity index (χ0) is 13.8. The highest BCUT2D eigenvalue weighted by Gasteiger charge is 2.18. The Morgan fingerprint density at radius 3 is 2.53 bits per heavy atom. The second kappa shape index (κ2) is 6.39. The number of nitrogens with one attached hydrogen (secondary N) is 1. The molecule has 19 heavy (non-hydrogen) atoms. The summed E-state index contributed by atoms with van der Waals surface area (Å²) in [6.07, 6.45) is 1.39. The van der Waals surface area contributed by atoms with Crippen LogP contribution in [-0.2, 0) is 0 Å². The van der Waals surface area contributed by atoms with Crippen molar-refractivity contribution in [2.24, 2.45) is 0 Å². The second-order valence-corrected chi connectivity index (χ2v) is 5.81. The maximum Gasteiger partial charge on any atom is 0.169 e. The highest BCUT2D eigenvalue weighted by molar-refractivity contribution is 9.10. The van der Waals surface area contributed by atoms with Gasteiger partial charge in [0.1, 0.15) is 0 Å². The second-order valence-electron chi connectivity index (χ2n) is 4.96. The van der Waals surface area contributed by atoms with Crippen molar-refractivity contribution < 1.29 is 19.2 Å². The Hall–Kier alpha value is -1.07. The Kier molecular flexibility index (Phi) is 4.82. The third kappa shape index (κ3) is 3.70. The fourth-order valence-corrected chi connectivity index (χ4v) is 2.44. The predicted molar refractivity (Wildman–Crippen MR) is 76.4 cm³/mol. The number of hydrogen-bond acceptors (Lipinski definition) is 3. The van der Waals surface area contributed by atoms with Gasteiger partial charge in [-0.05, 0) is 28.1 Å². The van der Waals surface area contributed by atoms with Gasteiger partial charge in [0.2, 0.25) is 0 Å². The molecule has 1 heterocycles. The van der Waals surface area contributed by atoms with Gasteiger partial charge >= 0.3 is 0 Å². The molecular weight excluding hydrogens is 310 g/mol. The molecule has 1 aliphatic heterocycles. The van der Waals surface area contributed by atoms with Crippen LogP contribution in [0.1, 0.15) is 23.2 Å². The summed E-state index contributed by atoms with van der Waals surface area (Å²) in [6, 6.07) is 3.62. The number of benzene rings is 1. The quantitative estimate of drug-likeness (QED) is 0.847. The van der Waals surface area contributed by atoms with Crippen LogP contribution in [0.2, 0.25) is 0 Å². The molecule has 0 aliphatic carbocycles. The number of quaternary nitrogens is 1. The molecule has 1 aromatic carbocycles. The number of carbonyl (C=O) groups is 1. The summed E-state index contributed by atoms with van der Waals surface area (Å²) in [6.45, 7) is 2.10. The smallest absolute Gasteiger partial charge is 0.169 e. The number of fused-ring (bicyclic) bond motifs is 1. The van der Waals surface area contributed by atoms with Gasteiger partial charge in [0.15, 0.2) is 17.3 Å². The van der Waals surface area contributed by atoms with Crippen molar-refractivity contribution in [2.45, 2.75) is 12.8 Å². The summed E-state index contributed by atoms with van der Waals surface area (Å²) in [5.74, 6) is 1.50. The Balaban J connectivity index is 2.21. The number of hydrogen-bond donors (Lipinski definition) is 1. The Morgan fingerprint density at radius 1 is 1.26 bits per heavy atom. The first kappa shape index (κ1) is 14.3. The maximum absolute atomic E-state index is 12.2. The Morgan fingerprint density at radius 2 is 1.89 bits per heavy atom. The number of Topliss-reactive ketones (excluding diaryl/α,β-unsaturated/α-hetero) is 1. The Labute approximate surface area is 121 Å². The molecule has 0 unspecified atom stereocenters. The normalized spacial score (nSPS) is 14.3. The summed E-state index contributed by atoms with van der Waals surface area (Å²) in [5, 5.41) is 0. The van der Waals surface area contributed by atoms with Gasteiger partial charge in [0.05, 0.1) is 40.3 Å². The van der Waals surface area contributed by atoms with Crippen molar-refractivity contribution in [1.82, 2.24) is 0 Å². The zero-order valence-corrected chi connectivity index (χ0v) is 12.9. The van der Waals surface area contributed by atoms with E-state index in [4.69, 9.17) is 9.47 Å². The zero-order valence-electron chi connectivity index (χ0n) is 11.3. The van der Waals surface area contributed by atoms with E-state index in [0.29, 0.717) is 36.7 Å². The third-order valence-electron chi connectivity index (χ3n) is 2.99. The SMILES string of the molecule is C[NH+](C)CCC(=O)c1cc2c(cc1Br)OCCCO2. The molecule has 0 atom stereocenters. The van der Waals surface area contributed by atoms with E-state index in [1.54, 1.807) is 6.07 Å². The maximum atomic E-state index is 12.2. The van der Waals surface area contributed by atoms with Gasteiger partial charge in [0.25, 0.3) is 0 Å². The van der Waals surface area contributed by atoms with Crippen LogP contribution in [0.4, 0.5) is 0 Å². The summed E-state index contributed by atoms with van der Waals surface area (Å²) in [7, 11) is 4.08. The first-order chi connectivity index (χ1) is 9.08. The standard InChI is InChI=1S/C14H18BrNO3/c1-16(2)5-4-12(17)10-8-13-14(9-11(10)15)19-7-3-6-18-13/h8-9H,3-7H2,1-2H3/p+1. The largest absolute Gasteiger partial charge is 0.490 e. The van der Waals surface area contributed by atoms with Gasteiger partial charge in [-0.2, -0.15) is 0 Å². The summed E-state index contributed by atoms with van der Waals surface area (Å²) < 4.78 is 12.0. The molecule has 0 saturated carbocycles. The van der Waals surface area contributed by atoms with Gasteiger partial charge in [-0.1, -0.05) is 0 Å². The van der Waals surface area contributed by atoms with E-state index in [1.165, 1.54) is 4.90 Å². The van der Waals surface area contributed by atoms with Crippen molar-refractivity contribution in [3.8, 4) is 11.5 Å². The van der Waals surface area contributed by atoms with Crippen LogP contribution >= 0.6 is 15.9 Å². The summed E-state index contributed by atoms with van der Waals surface area (Å²) in [4.78, 5) is 13.5. The van der Waals surface area contributed by atoms with Crippen LogP contribution in [0.15, 0.2) is 16.6 Å². The lowest BCUT2D eigenvalue weighted by Crippen LogP contribution is -3.05. The number of ketones is 1. The number of ether oxygens (including phenoxy) is 2. The van der Waals surface area contributed by atoms with Crippen molar-refractivity contribution in [3.63, 3.8) is 0 Å². The summed E-state index contributed by atoms with van der Waals surface area (Å²) >= 11 is 3.45. The summed E-state index contributed by atoms with van der Waals surface area (Å²) in [5.41, 5.74) is 0.672. The molecule has 0 radical (unpaired) electrons. The van der Waals surface area contributed by atoms with Crippen LogP contribution in [0.3, 0.4) is 0 Å². The fourth-order valence-electron chi connectivity index (χ4n) is 1.90. The minimum atomic E-state index is 0.128. The molecule has 2 rings (SSSR count). The van der Waals surface area contributed by atoms with Crippen LogP contribution in [0.25, 0.3) is 0 Å². The molecule has 104 valence electrons.